The fraction of sp³-hybridized carbons (Fsp3) is 0.200. The summed E-state index contributed by atoms with van der Waals surface area (Å²) in [6.07, 6.45) is 6.46. The molecular weight excluding hydrogens is 356 g/mol. The van der Waals surface area contributed by atoms with Crippen LogP contribution in [-0.2, 0) is 4.79 Å². The van der Waals surface area contributed by atoms with E-state index in [2.05, 4.69) is 15.3 Å². The molecule has 1 unspecified atom stereocenters. The molecule has 1 N–H and O–H groups in total. The minimum Gasteiger partial charge on any atom is -0.358 e. The molecule has 4 rings (SSSR count). The minimum atomic E-state index is -0.441. The molecule has 1 aromatic carbocycles. The Morgan fingerprint density at radius 3 is 2.71 bits per heavy atom. The van der Waals surface area contributed by atoms with Crippen LogP contribution in [0, 0.1) is 0 Å². The predicted molar refractivity (Wildman–Crippen MR) is 104 cm³/mol. The molecular formula is C20H20N6O2. The highest BCUT2D eigenvalue weighted by Crippen LogP contribution is 2.37. The van der Waals surface area contributed by atoms with E-state index in [4.69, 9.17) is 0 Å². The molecule has 0 saturated carbocycles. The van der Waals surface area contributed by atoms with Crippen LogP contribution in [0.3, 0.4) is 0 Å². The van der Waals surface area contributed by atoms with Gasteiger partial charge in [-0.2, -0.15) is 0 Å². The summed E-state index contributed by atoms with van der Waals surface area (Å²) in [5.74, 6) is 0.502. The smallest absolute Gasteiger partial charge is 0.257 e. The molecule has 1 aliphatic heterocycles. The predicted octanol–water partition coefficient (Wildman–Crippen LogP) is 1.60. The van der Waals surface area contributed by atoms with Gasteiger partial charge in [-0.15, -0.1) is 0 Å². The Morgan fingerprint density at radius 1 is 1.21 bits per heavy atom. The fourth-order valence-electron chi connectivity index (χ4n) is 3.45. The number of rotatable bonds is 4. The quantitative estimate of drug-likeness (QED) is 0.748. The van der Waals surface area contributed by atoms with Crippen molar-refractivity contribution in [3.8, 4) is 5.82 Å². The van der Waals surface area contributed by atoms with Crippen molar-refractivity contribution < 1.29 is 9.59 Å². The lowest BCUT2D eigenvalue weighted by atomic mass is 10.0. The van der Waals surface area contributed by atoms with Crippen molar-refractivity contribution in [3.05, 3.63) is 72.4 Å². The number of hydrogen-bond acceptors (Lipinski definition) is 5. The SMILES string of the molecule is CNC(=O)CN1c2ccccc2C(=O)N(C)C1c1ccc(-n2ccnc2)nc1. The first-order valence-corrected chi connectivity index (χ1v) is 8.88. The Bertz CT molecular complexity index is 1000. The molecule has 3 aromatic rings. The van der Waals surface area contributed by atoms with Crippen LogP contribution in [0.15, 0.2) is 61.3 Å². The summed E-state index contributed by atoms with van der Waals surface area (Å²) in [4.78, 5) is 37.2. The molecule has 142 valence electrons. The summed E-state index contributed by atoms with van der Waals surface area (Å²) in [6, 6.07) is 11.1. The maximum atomic E-state index is 12.9. The number of nitrogens with one attached hydrogen (secondary N) is 1. The van der Waals surface area contributed by atoms with Crippen molar-refractivity contribution in [1.29, 1.82) is 0 Å². The Kier molecular flexibility index (Phi) is 4.52. The number of imidazole rings is 1. The van der Waals surface area contributed by atoms with Gasteiger partial charge < -0.3 is 15.1 Å². The molecule has 1 aliphatic rings. The van der Waals surface area contributed by atoms with E-state index in [9.17, 15) is 9.59 Å². The molecule has 28 heavy (non-hydrogen) atoms. The van der Waals surface area contributed by atoms with E-state index in [0.717, 1.165) is 17.1 Å². The molecule has 3 heterocycles. The number of benzene rings is 1. The van der Waals surface area contributed by atoms with Gasteiger partial charge in [-0.3, -0.25) is 14.2 Å². The third kappa shape index (κ3) is 2.98. The number of likely N-dealkylation sites (N-methyl/N-ethyl adjacent to an activating group) is 1. The molecule has 0 radical (unpaired) electrons. The van der Waals surface area contributed by atoms with Gasteiger partial charge >= 0.3 is 0 Å². The van der Waals surface area contributed by atoms with Crippen LogP contribution in [0.2, 0.25) is 0 Å². The average Bonchev–Trinajstić information content (AvgIpc) is 3.27. The van der Waals surface area contributed by atoms with Crippen molar-refractivity contribution in [2.45, 2.75) is 6.17 Å². The maximum Gasteiger partial charge on any atom is 0.257 e. The van der Waals surface area contributed by atoms with Gasteiger partial charge in [0.25, 0.3) is 5.91 Å². The molecule has 0 spiro atoms. The van der Waals surface area contributed by atoms with Crippen LogP contribution in [0.4, 0.5) is 5.69 Å². The minimum absolute atomic E-state index is 0.0903. The number of para-hydroxylation sites is 1. The summed E-state index contributed by atoms with van der Waals surface area (Å²) in [5.41, 5.74) is 2.13. The number of anilines is 1. The molecule has 0 bridgehead atoms. The largest absolute Gasteiger partial charge is 0.358 e. The summed E-state index contributed by atoms with van der Waals surface area (Å²) >= 11 is 0. The van der Waals surface area contributed by atoms with Crippen molar-refractivity contribution in [2.24, 2.45) is 0 Å². The van der Waals surface area contributed by atoms with Gasteiger partial charge in [0.1, 0.15) is 18.3 Å². The van der Waals surface area contributed by atoms with Crippen LogP contribution in [-0.4, -0.2) is 51.9 Å². The topological polar surface area (TPSA) is 83.4 Å². The Morgan fingerprint density at radius 2 is 2.04 bits per heavy atom. The van der Waals surface area contributed by atoms with Crippen LogP contribution in [0.25, 0.3) is 5.82 Å². The highest BCUT2D eigenvalue weighted by Gasteiger charge is 2.37. The summed E-state index contributed by atoms with van der Waals surface area (Å²) in [5, 5.41) is 2.66. The van der Waals surface area contributed by atoms with Crippen LogP contribution >= 0.6 is 0 Å². The van der Waals surface area contributed by atoms with Crippen molar-refractivity contribution in [1.82, 2.24) is 24.8 Å². The van der Waals surface area contributed by atoms with E-state index >= 15 is 0 Å². The molecule has 2 aromatic heterocycles. The van der Waals surface area contributed by atoms with Crippen LogP contribution < -0.4 is 10.2 Å². The third-order valence-corrected chi connectivity index (χ3v) is 4.86. The van der Waals surface area contributed by atoms with E-state index in [1.807, 2.05) is 41.4 Å². The van der Waals surface area contributed by atoms with E-state index < -0.39 is 6.17 Å². The average molecular weight is 376 g/mol. The van der Waals surface area contributed by atoms with Crippen molar-refractivity contribution >= 4 is 17.5 Å². The second-order valence-corrected chi connectivity index (χ2v) is 6.53. The first-order valence-electron chi connectivity index (χ1n) is 8.88. The van der Waals surface area contributed by atoms with Crippen LogP contribution in [0.5, 0.6) is 0 Å². The highest BCUT2D eigenvalue weighted by atomic mass is 16.2. The zero-order valence-corrected chi connectivity index (χ0v) is 15.6. The summed E-state index contributed by atoms with van der Waals surface area (Å²) in [7, 11) is 3.34. The monoisotopic (exact) mass is 376 g/mol. The maximum absolute atomic E-state index is 12.9. The Labute approximate surface area is 162 Å². The van der Waals surface area contributed by atoms with Gasteiger partial charge in [-0.1, -0.05) is 12.1 Å². The lowest BCUT2D eigenvalue weighted by Gasteiger charge is -2.43. The number of amides is 2. The van der Waals surface area contributed by atoms with Crippen molar-refractivity contribution in [2.75, 3.05) is 25.5 Å². The number of fused-ring (bicyclic) bond motifs is 1. The second kappa shape index (κ2) is 7.15. The zero-order valence-electron chi connectivity index (χ0n) is 15.6. The molecule has 8 nitrogen and oxygen atoms in total. The number of hydrogen-bond donors (Lipinski definition) is 1. The molecule has 0 aliphatic carbocycles. The van der Waals surface area contributed by atoms with E-state index in [1.165, 1.54) is 0 Å². The Hall–Kier alpha value is -3.68. The van der Waals surface area contributed by atoms with E-state index in [-0.39, 0.29) is 18.4 Å². The molecule has 0 fully saturated rings. The highest BCUT2D eigenvalue weighted by molar-refractivity contribution is 6.02. The van der Waals surface area contributed by atoms with E-state index in [1.54, 1.807) is 48.3 Å². The van der Waals surface area contributed by atoms with Crippen LogP contribution in [0.1, 0.15) is 22.1 Å². The molecule has 8 heteroatoms. The second-order valence-electron chi connectivity index (χ2n) is 6.53. The number of aromatic nitrogens is 3. The van der Waals surface area contributed by atoms with Gasteiger partial charge in [0.05, 0.1) is 17.8 Å². The van der Waals surface area contributed by atoms with Gasteiger partial charge in [0.2, 0.25) is 5.91 Å². The van der Waals surface area contributed by atoms with Gasteiger partial charge in [0, 0.05) is 38.2 Å². The normalized spacial score (nSPS) is 16.1. The summed E-state index contributed by atoms with van der Waals surface area (Å²) < 4.78 is 1.80. The molecule has 1 atom stereocenters. The first-order chi connectivity index (χ1) is 13.6. The number of pyridine rings is 1. The van der Waals surface area contributed by atoms with Gasteiger partial charge in [0.15, 0.2) is 0 Å². The number of nitrogens with zero attached hydrogens (tertiary/aromatic N) is 5. The lowest BCUT2D eigenvalue weighted by Crippen LogP contribution is -2.50. The third-order valence-electron chi connectivity index (χ3n) is 4.86. The number of carbonyl (C=O) groups excluding carboxylic acids is 2. The molecule has 2 amide bonds. The molecule has 0 saturated heterocycles. The number of carbonyl (C=O) groups is 2. The standard InChI is InChI=1S/C20H20N6O2/c1-21-18(27)12-26-16-6-4-3-5-15(16)20(28)24(2)19(26)14-7-8-17(23-11-14)25-10-9-22-13-25/h3-11,13,19H,12H2,1-2H3,(H,21,27). The lowest BCUT2D eigenvalue weighted by molar-refractivity contribution is -0.119. The van der Waals surface area contributed by atoms with Gasteiger partial charge in [-0.05, 0) is 24.3 Å². The summed E-state index contributed by atoms with van der Waals surface area (Å²) in [6.45, 7) is 0.124. The fourth-order valence-corrected chi connectivity index (χ4v) is 3.45. The van der Waals surface area contributed by atoms with Gasteiger partial charge in [-0.25, -0.2) is 9.97 Å². The first kappa shape index (κ1) is 17.7. The Balaban J connectivity index is 1.76. The zero-order chi connectivity index (χ0) is 19.7. The van der Waals surface area contributed by atoms with Crippen molar-refractivity contribution in [3.63, 3.8) is 0 Å². The van der Waals surface area contributed by atoms with E-state index in [0.29, 0.717) is 5.56 Å².